The van der Waals surface area contributed by atoms with Crippen molar-refractivity contribution < 1.29 is 9.53 Å². The largest absolute Gasteiger partial charge is 0.367 e. The van der Waals surface area contributed by atoms with E-state index in [9.17, 15) is 4.79 Å². The fourth-order valence-corrected chi connectivity index (χ4v) is 2.93. The van der Waals surface area contributed by atoms with Crippen LogP contribution in [0.4, 0.5) is 5.13 Å². The van der Waals surface area contributed by atoms with E-state index >= 15 is 0 Å². The van der Waals surface area contributed by atoms with Crippen molar-refractivity contribution in [1.29, 1.82) is 0 Å². The van der Waals surface area contributed by atoms with Crippen LogP contribution in [0.25, 0.3) is 0 Å². The Bertz CT molecular complexity index is 671. The highest BCUT2D eigenvalue weighted by Crippen LogP contribution is 2.19. The van der Waals surface area contributed by atoms with Gasteiger partial charge >= 0.3 is 0 Å². The van der Waals surface area contributed by atoms with Gasteiger partial charge in [0, 0.05) is 19.5 Å². The standard InChI is InChI=1S/C13H19N7O2S/c1-3-10-14-12(18-17-10)9-6-20(4-5-22-9)7-11(21)15-13-19-16-8(2)23-13/h9H,3-7H2,1-2H3,(H,14,17,18)(H,15,19,21). The van der Waals surface area contributed by atoms with Gasteiger partial charge < -0.3 is 4.74 Å². The van der Waals surface area contributed by atoms with Crippen molar-refractivity contribution >= 4 is 22.4 Å². The van der Waals surface area contributed by atoms with Gasteiger partial charge in [-0.1, -0.05) is 18.3 Å². The van der Waals surface area contributed by atoms with E-state index in [1.165, 1.54) is 11.3 Å². The van der Waals surface area contributed by atoms with Crippen LogP contribution < -0.4 is 5.32 Å². The Morgan fingerprint density at radius 2 is 2.39 bits per heavy atom. The van der Waals surface area contributed by atoms with Gasteiger partial charge in [-0.05, 0) is 6.92 Å². The number of nitrogens with one attached hydrogen (secondary N) is 2. The lowest BCUT2D eigenvalue weighted by Crippen LogP contribution is -2.42. The van der Waals surface area contributed by atoms with E-state index in [-0.39, 0.29) is 18.6 Å². The van der Waals surface area contributed by atoms with Gasteiger partial charge in [-0.25, -0.2) is 4.98 Å². The van der Waals surface area contributed by atoms with Crippen LogP contribution in [0.1, 0.15) is 29.7 Å². The third kappa shape index (κ3) is 4.09. The maximum Gasteiger partial charge on any atom is 0.240 e. The molecule has 0 aromatic carbocycles. The van der Waals surface area contributed by atoms with Crippen LogP contribution in [-0.2, 0) is 16.0 Å². The third-order valence-corrected chi connectivity index (χ3v) is 4.22. The molecule has 0 saturated carbocycles. The van der Waals surface area contributed by atoms with Crippen LogP contribution in [0.5, 0.6) is 0 Å². The molecule has 2 N–H and O–H groups in total. The number of H-pyrrole nitrogens is 1. The minimum atomic E-state index is -0.211. The Labute approximate surface area is 137 Å². The van der Waals surface area contributed by atoms with Gasteiger partial charge in [-0.3, -0.25) is 20.1 Å². The lowest BCUT2D eigenvalue weighted by Gasteiger charge is -2.30. The molecule has 0 aliphatic carbocycles. The van der Waals surface area contributed by atoms with Gasteiger partial charge in [-0.15, -0.1) is 10.2 Å². The molecule has 2 aromatic rings. The van der Waals surface area contributed by atoms with Gasteiger partial charge in [0.25, 0.3) is 0 Å². The van der Waals surface area contributed by atoms with Crippen LogP contribution >= 0.6 is 11.3 Å². The zero-order chi connectivity index (χ0) is 16.2. The number of carbonyl (C=O) groups is 1. The second-order valence-electron chi connectivity index (χ2n) is 5.26. The molecule has 0 radical (unpaired) electrons. The first-order chi connectivity index (χ1) is 11.1. The van der Waals surface area contributed by atoms with Gasteiger partial charge in [0.05, 0.1) is 13.2 Å². The molecule has 1 amide bonds. The predicted octanol–water partition coefficient (Wildman–Crippen LogP) is 0.539. The lowest BCUT2D eigenvalue weighted by atomic mass is 10.2. The number of carbonyl (C=O) groups excluding carboxylic acids is 1. The van der Waals surface area contributed by atoms with Crippen LogP contribution in [0, 0.1) is 6.92 Å². The molecule has 1 unspecified atom stereocenters. The average Bonchev–Trinajstić information content (AvgIpc) is 3.16. The van der Waals surface area contributed by atoms with Gasteiger partial charge in [0.15, 0.2) is 5.82 Å². The molecule has 1 saturated heterocycles. The fraction of sp³-hybridized carbons (Fsp3) is 0.615. The van der Waals surface area contributed by atoms with E-state index in [0.717, 1.165) is 17.3 Å². The van der Waals surface area contributed by atoms with Crippen molar-refractivity contribution in [3.05, 3.63) is 16.7 Å². The van der Waals surface area contributed by atoms with Crippen molar-refractivity contribution in [2.24, 2.45) is 0 Å². The zero-order valence-corrected chi connectivity index (χ0v) is 13.9. The molecule has 1 aliphatic heterocycles. The summed E-state index contributed by atoms with van der Waals surface area (Å²) < 4.78 is 5.72. The highest BCUT2D eigenvalue weighted by atomic mass is 32.1. The van der Waals surface area contributed by atoms with E-state index in [1.807, 2.05) is 18.7 Å². The van der Waals surface area contributed by atoms with Crippen molar-refractivity contribution in [1.82, 2.24) is 30.3 Å². The van der Waals surface area contributed by atoms with Crippen molar-refractivity contribution in [3.63, 3.8) is 0 Å². The molecular weight excluding hydrogens is 318 g/mol. The first kappa shape index (κ1) is 16.0. The highest BCUT2D eigenvalue weighted by molar-refractivity contribution is 7.15. The number of nitrogens with zero attached hydrogens (tertiary/aromatic N) is 5. The molecule has 3 rings (SSSR count). The summed E-state index contributed by atoms with van der Waals surface area (Å²) in [4.78, 5) is 18.5. The molecule has 23 heavy (non-hydrogen) atoms. The first-order valence-electron chi connectivity index (χ1n) is 7.49. The van der Waals surface area contributed by atoms with Crippen LogP contribution in [0.15, 0.2) is 0 Å². The Morgan fingerprint density at radius 3 is 3.09 bits per heavy atom. The van der Waals surface area contributed by atoms with Gasteiger partial charge in [0.2, 0.25) is 11.0 Å². The number of morpholine rings is 1. The fourth-order valence-electron chi connectivity index (χ4n) is 2.32. The molecule has 1 fully saturated rings. The summed E-state index contributed by atoms with van der Waals surface area (Å²) in [6.45, 7) is 5.97. The first-order valence-corrected chi connectivity index (χ1v) is 8.30. The summed E-state index contributed by atoms with van der Waals surface area (Å²) in [5, 5.41) is 19.0. The second-order valence-corrected chi connectivity index (χ2v) is 6.44. The van der Waals surface area contributed by atoms with Gasteiger partial charge in [-0.2, -0.15) is 5.10 Å². The maximum absolute atomic E-state index is 12.1. The van der Waals surface area contributed by atoms with Crippen LogP contribution in [-0.4, -0.2) is 62.4 Å². The highest BCUT2D eigenvalue weighted by Gasteiger charge is 2.26. The lowest BCUT2D eigenvalue weighted by molar-refractivity contribution is -0.119. The number of anilines is 1. The summed E-state index contributed by atoms with van der Waals surface area (Å²) in [5.74, 6) is 1.38. The topological polar surface area (TPSA) is 109 Å². The summed E-state index contributed by atoms with van der Waals surface area (Å²) in [7, 11) is 0. The number of aromatic nitrogens is 5. The Kier molecular flexibility index (Phi) is 4.94. The van der Waals surface area contributed by atoms with Crippen molar-refractivity contribution in [2.75, 3.05) is 31.6 Å². The number of aromatic amines is 1. The number of aryl methyl sites for hydroxylation is 2. The normalized spacial score (nSPS) is 19.0. The van der Waals surface area contributed by atoms with E-state index < -0.39 is 0 Å². The van der Waals surface area contributed by atoms with Crippen molar-refractivity contribution in [2.45, 2.75) is 26.4 Å². The van der Waals surface area contributed by atoms with E-state index in [0.29, 0.717) is 30.7 Å². The SMILES string of the molecule is CCc1nc(C2CN(CC(=O)Nc3nnc(C)s3)CCO2)n[nH]1. The Balaban J connectivity index is 1.54. The maximum atomic E-state index is 12.1. The minimum absolute atomic E-state index is 0.106. The smallest absolute Gasteiger partial charge is 0.240 e. The van der Waals surface area contributed by atoms with Gasteiger partial charge in [0.1, 0.15) is 16.9 Å². The Hall–Kier alpha value is -1.91. The zero-order valence-electron chi connectivity index (χ0n) is 13.1. The molecule has 10 heteroatoms. The predicted molar refractivity (Wildman–Crippen MR) is 84.2 cm³/mol. The number of amides is 1. The second kappa shape index (κ2) is 7.11. The summed E-state index contributed by atoms with van der Waals surface area (Å²) in [6, 6.07) is 0. The quantitative estimate of drug-likeness (QED) is 0.819. The molecule has 9 nitrogen and oxygen atoms in total. The molecule has 0 bridgehead atoms. The molecule has 0 spiro atoms. The summed E-state index contributed by atoms with van der Waals surface area (Å²) in [5.41, 5.74) is 0. The van der Waals surface area contributed by atoms with E-state index in [1.54, 1.807) is 0 Å². The Morgan fingerprint density at radius 1 is 1.52 bits per heavy atom. The molecule has 3 heterocycles. The van der Waals surface area contributed by atoms with Crippen LogP contribution in [0.2, 0.25) is 0 Å². The number of ether oxygens (including phenoxy) is 1. The molecule has 1 atom stereocenters. The van der Waals surface area contributed by atoms with E-state index in [4.69, 9.17) is 4.74 Å². The number of hydrogen-bond donors (Lipinski definition) is 2. The molecular formula is C13H19N7O2S. The van der Waals surface area contributed by atoms with Crippen LogP contribution in [0.3, 0.4) is 0 Å². The minimum Gasteiger partial charge on any atom is -0.367 e. The molecule has 2 aromatic heterocycles. The third-order valence-electron chi connectivity index (χ3n) is 3.46. The molecule has 124 valence electrons. The number of hydrogen-bond acceptors (Lipinski definition) is 8. The van der Waals surface area contributed by atoms with Crippen molar-refractivity contribution in [3.8, 4) is 0 Å². The summed E-state index contributed by atoms with van der Waals surface area (Å²) in [6.07, 6.45) is 0.587. The number of rotatable bonds is 5. The monoisotopic (exact) mass is 337 g/mol. The molecule has 1 aliphatic rings. The van der Waals surface area contributed by atoms with E-state index in [2.05, 4.69) is 30.7 Å². The summed E-state index contributed by atoms with van der Waals surface area (Å²) >= 11 is 1.36. The average molecular weight is 337 g/mol.